The van der Waals surface area contributed by atoms with Crippen LogP contribution in [0.3, 0.4) is 0 Å². The Bertz CT molecular complexity index is 872. The van der Waals surface area contributed by atoms with E-state index < -0.39 is 35.6 Å². The summed E-state index contributed by atoms with van der Waals surface area (Å²) in [7, 11) is 0. The highest BCUT2D eigenvalue weighted by molar-refractivity contribution is 6.01. The topological polar surface area (TPSA) is 59.1 Å². The minimum Gasteiger partial charge on any atom is -0.349 e. The number of hydrogen-bond acceptors (Lipinski definition) is 3. The molecule has 0 fully saturated rings. The number of amides is 1. The molecule has 0 aliphatic heterocycles. The summed E-state index contributed by atoms with van der Waals surface area (Å²) in [5, 5.41) is 2.17. The molecular weight excluding hydrogens is 340 g/mol. The number of pyridine rings is 1. The zero-order chi connectivity index (χ0) is 18.2. The van der Waals surface area contributed by atoms with E-state index in [0.717, 1.165) is 6.07 Å². The average molecular weight is 352 g/mol. The van der Waals surface area contributed by atoms with Crippen molar-refractivity contribution in [1.29, 1.82) is 0 Å². The van der Waals surface area contributed by atoms with Gasteiger partial charge >= 0.3 is 0 Å². The molecule has 0 bridgehead atoms. The number of carbonyl (C=O) groups is 2. The lowest BCUT2D eigenvalue weighted by molar-refractivity contribution is -0.134. The molecule has 4 nitrogen and oxygen atoms in total. The Hall–Kier alpha value is -2.77. The quantitative estimate of drug-likeness (QED) is 0.683. The maximum Gasteiger partial charge on any atom is 0.262 e. The molecule has 0 saturated heterocycles. The lowest BCUT2D eigenvalue weighted by Gasteiger charge is -2.29. The number of alkyl halides is 1. The van der Waals surface area contributed by atoms with Crippen LogP contribution in [0, 0.1) is 17.5 Å². The predicted molar refractivity (Wildman–Crippen MR) is 78.8 cm³/mol. The Balaban J connectivity index is 1.84. The normalized spacial score (nSPS) is 19.4. The monoisotopic (exact) mass is 352 g/mol. The molecule has 1 N–H and O–H groups in total. The van der Waals surface area contributed by atoms with Crippen LogP contribution in [0.5, 0.6) is 0 Å². The lowest BCUT2D eigenvalue weighted by atomic mass is 9.81. The summed E-state index contributed by atoms with van der Waals surface area (Å²) in [6, 6.07) is 4.35. The summed E-state index contributed by atoms with van der Waals surface area (Å²) >= 11 is 0. The Labute approximate surface area is 139 Å². The van der Waals surface area contributed by atoms with Gasteiger partial charge < -0.3 is 5.32 Å². The van der Waals surface area contributed by atoms with Crippen LogP contribution in [0.15, 0.2) is 30.5 Å². The first-order valence-electron chi connectivity index (χ1n) is 7.43. The van der Waals surface area contributed by atoms with Crippen molar-refractivity contribution in [2.45, 2.75) is 25.1 Å². The van der Waals surface area contributed by atoms with Crippen molar-refractivity contribution >= 4 is 11.7 Å². The van der Waals surface area contributed by atoms with E-state index in [-0.39, 0.29) is 35.4 Å². The van der Waals surface area contributed by atoms with E-state index >= 15 is 4.39 Å². The molecule has 1 amide bonds. The number of fused-ring (bicyclic) bond motifs is 1. The molecule has 0 radical (unpaired) electrons. The number of hydrogen-bond donors (Lipinski definition) is 1. The van der Waals surface area contributed by atoms with E-state index in [2.05, 4.69) is 10.3 Å². The molecule has 0 saturated carbocycles. The van der Waals surface area contributed by atoms with Gasteiger partial charge in [-0.05, 0) is 12.1 Å². The van der Waals surface area contributed by atoms with E-state index in [1.165, 1.54) is 18.3 Å². The van der Waals surface area contributed by atoms with Gasteiger partial charge in [0.15, 0.2) is 23.2 Å². The number of nitrogens with one attached hydrogen (secondary N) is 1. The maximum atomic E-state index is 15.2. The van der Waals surface area contributed by atoms with Gasteiger partial charge in [-0.3, -0.25) is 14.6 Å². The molecule has 2 aromatic rings. The first kappa shape index (κ1) is 17.1. The van der Waals surface area contributed by atoms with Crippen molar-refractivity contribution in [3.63, 3.8) is 0 Å². The highest BCUT2D eigenvalue weighted by Crippen LogP contribution is 2.38. The molecule has 1 aromatic heterocycles. The second-order valence-electron chi connectivity index (χ2n) is 5.64. The molecule has 3 rings (SSSR count). The van der Waals surface area contributed by atoms with Gasteiger partial charge in [-0.1, -0.05) is 12.1 Å². The van der Waals surface area contributed by atoms with Gasteiger partial charge in [0.25, 0.3) is 5.91 Å². The summed E-state index contributed by atoms with van der Waals surface area (Å²) in [6.45, 7) is -0.531. The van der Waals surface area contributed by atoms with Crippen molar-refractivity contribution in [1.82, 2.24) is 10.3 Å². The minimum atomic E-state index is -2.51. The largest absolute Gasteiger partial charge is 0.349 e. The van der Waals surface area contributed by atoms with E-state index in [4.69, 9.17) is 0 Å². The van der Waals surface area contributed by atoms with Crippen LogP contribution in [0.25, 0.3) is 0 Å². The average Bonchev–Trinajstić information content (AvgIpc) is 2.62. The molecule has 1 heterocycles. The Morgan fingerprint density at radius 2 is 1.96 bits per heavy atom. The van der Waals surface area contributed by atoms with Crippen LogP contribution in [-0.4, -0.2) is 16.7 Å². The van der Waals surface area contributed by atoms with E-state index in [1.807, 2.05) is 0 Å². The third-order valence-corrected chi connectivity index (χ3v) is 4.11. The number of carbonyl (C=O) groups excluding carboxylic acids is 2. The van der Waals surface area contributed by atoms with E-state index in [9.17, 15) is 22.8 Å². The molecule has 1 aliphatic carbocycles. The molecule has 1 unspecified atom stereocenters. The zero-order valence-electron chi connectivity index (χ0n) is 12.8. The van der Waals surface area contributed by atoms with Crippen molar-refractivity contribution in [3.05, 3.63) is 64.7 Å². The smallest absolute Gasteiger partial charge is 0.262 e. The SMILES string of the molecule is O=C1CCC(F)(C(=O)NCc2ccc(F)c(F)c2F)c2cccnc21. The number of halogens is 4. The van der Waals surface area contributed by atoms with Gasteiger partial charge in [0, 0.05) is 36.7 Å². The van der Waals surface area contributed by atoms with Gasteiger partial charge in [-0.25, -0.2) is 17.6 Å². The van der Waals surface area contributed by atoms with Crippen LogP contribution in [0.1, 0.15) is 34.5 Å². The molecule has 0 spiro atoms. The number of aromatic nitrogens is 1. The predicted octanol–water partition coefficient (Wildman–Crippen LogP) is 2.96. The van der Waals surface area contributed by atoms with Gasteiger partial charge in [0.05, 0.1) is 0 Å². The van der Waals surface area contributed by atoms with Gasteiger partial charge in [-0.15, -0.1) is 0 Å². The standard InChI is InChI=1S/C17H12F4N2O2/c18-11-4-3-9(13(19)14(11)20)8-23-16(25)17(21)6-5-12(24)15-10(17)2-1-7-22-15/h1-4,7H,5-6,8H2,(H,23,25). The Morgan fingerprint density at radius 3 is 2.72 bits per heavy atom. The van der Waals surface area contributed by atoms with Crippen molar-refractivity contribution in [2.75, 3.05) is 0 Å². The number of Topliss-reactive ketones (excluding diaryl/α,β-unsaturated/α-hetero) is 1. The summed E-state index contributed by atoms with van der Waals surface area (Å²) in [5.41, 5.74) is -3.11. The Kier molecular flexibility index (Phi) is 4.28. The highest BCUT2D eigenvalue weighted by Gasteiger charge is 2.46. The molecule has 1 aromatic carbocycles. The first-order chi connectivity index (χ1) is 11.8. The van der Waals surface area contributed by atoms with Crippen LogP contribution in [0.4, 0.5) is 17.6 Å². The van der Waals surface area contributed by atoms with E-state index in [1.54, 1.807) is 0 Å². The van der Waals surface area contributed by atoms with Crippen LogP contribution < -0.4 is 5.32 Å². The van der Waals surface area contributed by atoms with Gasteiger partial charge in [0.1, 0.15) is 5.69 Å². The molecule has 1 aliphatic rings. The van der Waals surface area contributed by atoms with Crippen molar-refractivity contribution in [3.8, 4) is 0 Å². The van der Waals surface area contributed by atoms with Gasteiger partial charge in [-0.2, -0.15) is 0 Å². The third-order valence-electron chi connectivity index (χ3n) is 4.11. The zero-order valence-corrected chi connectivity index (χ0v) is 12.8. The van der Waals surface area contributed by atoms with Crippen LogP contribution >= 0.6 is 0 Å². The first-order valence-corrected chi connectivity index (χ1v) is 7.43. The minimum absolute atomic E-state index is 0.120. The number of ketones is 1. The van der Waals surface area contributed by atoms with E-state index in [0.29, 0.717) is 6.07 Å². The van der Waals surface area contributed by atoms with Crippen LogP contribution in [0.2, 0.25) is 0 Å². The molecule has 8 heteroatoms. The fourth-order valence-corrected chi connectivity index (χ4v) is 2.74. The molecular formula is C17H12F4N2O2. The number of nitrogens with zero attached hydrogens (tertiary/aromatic N) is 1. The summed E-state index contributed by atoms with van der Waals surface area (Å²) in [4.78, 5) is 27.9. The van der Waals surface area contributed by atoms with Crippen molar-refractivity contribution < 1.29 is 27.2 Å². The fraction of sp³-hybridized carbons (Fsp3) is 0.235. The molecule has 25 heavy (non-hydrogen) atoms. The molecule has 130 valence electrons. The maximum absolute atomic E-state index is 15.2. The fourth-order valence-electron chi connectivity index (χ4n) is 2.74. The number of rotatable bonds is 3. The summed E-state index contributed by atoms with van der Waals surface area (Å²) < 4.78 is 55.0. The molecule has 1 atom stereocenters. The van der Waals surface area contributed by atoms with Crippen LogP contribution in [-0.2, 0) is 17.0 Å². The highest BCUT2D eigenvalue weighted by atomic mass is 19.2. The third kappa shape index (κ3) is 2.88. The van der Waals surface area contributed by atoms with Crippen molar-refractivity contribution in [2.24, 2.45) is 0 Å². The summed E-state index contributed by atoms with van der Waals surface area (Å²) in [6.07, 6.45) is 0.737. The summed E-state index contributed by atoms with van der Waals surface area (Å²) in [5.74, 6) is -5.95. The lowest BCUT2D eigenvalue weighted by Crippen LogP contribution is -2.44. The second kappa shape index (κ2) is 6.27. The van der Waals surface area contributed by atoms with Gasteiger partial charge in [0.2, 0.25) is 5.67 Å². The Morgan fingerprint density at radius 1 is 1.20 bits per heavy atom. The second-order valence-corrected chi connectivity index (χ2v) is 5.64. The number of benzene rings is 1.